The molecule has 6 heteroatoms. The Kier molecular flexibility index (Phi) is 4.53. The summed E-state index contributed by atoms with van der Waals surface area (Å²) in [5.41, 5.74) is 1.62. The Morgan fingerprint density at radius 2 is 2.15 bits per heavy atom. The number of halogens is 1. The first-order chi connectivity index (χ1) is 9.60. The molecule has 0 aliphatic rings. The van der Waals surface area contributed by atoms with Crippen LogP contribution in [0.3, 0.4) is 0 Å². The van der Waals surface area contributed by atoms with Crippen LogP contribution >= 0.6 is 11.6 Å². The minimum atomic E-state index is -1.06. The number of hydrogen-bond acceptors (Lipinski definition) is 4. The van der Waals surface area contributed by atoms with Gasteiger partial charge in [-0.25, -0.2) is 14.8 Å². The highest BCUT2D eigenvalue weighted by Gasteiger charge is 2.09. The monoisotopic (exact) mass is 291 g/mol. The Bertz CT molecular complexity index is 632. The normalized spacial score (nSPS) is 10.3. The Morgan fingerprint density at radius 1 is 1.35 bits per heavy atom. The molecule has 1 aromatic carbocycles. The number of benzene rings is 1. The van der Waals surface area contributed by atoms with Crippen molar-refractivity contribution in [3.8, 4) is 0 Å². The third kappa shape index (κ3) is 3.45. The summed E-state index contributed by atoms with van der Waals surface area (Å²) in [6.07, 6.45) is 3.36. The van der Waals surface area contributed by atoms with Crippen molar-refractivity contribution in [1.82, 2.24) is 9.97 Å². The molecule has 1 heterocycles. The number of nitrogens with zero attached hydrogens (tertiary/aromatic N) is 2. The smallest absolute Gasteiger partial charge is 0.337 e. The van der Waals surface area contributed by atoms with Crippen molar-refractivity contribution in [3.63, 3.8) is 0 Å². The molecule has 1 aromatic heterocycles. The number of carbonyl (C=O) groups is 1. The van der Waals surface area contributed by atoms with Gasteiger partial charge in [-0.2, -0.15) is 0 Å². The number of nitrogens with one attached hydrogen (secondary N) is 1. The number of carboxylic acids is 1. The van der Waals surface area contributed by atoms with Gasteiger partial charge in [-0.3, -0.25) is 0 Å². The van der Waals surface area contributed by atoms with Gasteiger partial charge in [0.1, 0.15) is 12.1 Å². The van der Waals surface area contributed by atoms with Crippen molar-refractivity contribution in [2.75, 3.05) is 5.32 Å². The molecule has 0 unspecified atom stereocenters. The minimum absolute atomic E-state index is 0.0551. The van der Waals surface area contributed by atoms with E-state index >= 15 is 0 Å². The van der Waals surface area contributed by atoms with Crippen molar-refractivity contribution in [2.45, 2.75) is 19.8 Å². The molecule has 0 radical (unpaired) electrons. The van der Waals surface area contributed by atoms with E-state index in [1.165, 1.54) is 12.4 Å². The van der Waals surface area contributed by atoms with E-state index in [2.05, 4.69) is 22.2 Å². The lowest BCUT2D eigenvalue weighted by atomic mass is 10.2. The van der Waals surface area contributed by atoms with Gasteiger partial charge in [-0.1, -0.05) is 24.9 Å². The van der Waals surface area contributed by atoms with E-state index in [0.717, 1.165) is 18.5 Å². The molecular formula is C14H14ClN3O2. The van der Waals surface area contributed by atoms with Crippen LogP contribution in [0.15, 0.2) is 30.6 Å². The molecule has 5 nitrogen and oxygen atoms in total. The van der Waals surface area contributed by atoms with E-state index in [9.17, 15) is 4.79 Å². The molecule has 2 aromatic rings. The largest absolute Gasteiger partial charge is 0.478 e. The number of hydrogen-bond donors (Lipinski definition) is 2. The summed E-state index contributed by atoms with van der Waals surface area (Å²) in [6, 6.07) is 6.57. The lowest BCUT2D eigenvalue weighted by molar-refractivity contribution is 0.0697. The van der Waals surface area contributed by atoms with Gasteiger partial charge in [-0.05, 0) is 24.6 Å². The van der Waals surface area contributed by atoms with Gasteiger partial charge in [0.25, 0.3) is 0 Å². The Labute approximate surface area is 121 Å². The molecule has 0 aliphatic heterocycles. The van der Waals surface area contributed by atoms with Crippen LogP contribution in [0.2, 0.25) is 5.02 Å². The number of aromatic carboxylic acids is 1. The second kappa shape index (κ2) is 6.34. The fourth-order valence-corrected chi connectivity index (χ4v) is 1.97. The van der Waals surface area contributed by atoms with Gasteiger partial charge in [0.15, 0.2) is 0 Å². The molecule has 2 N–H and O–H groups in total. The topological polar surface area (TPSA) is 75.1 Å². The van der Waals surface area contributed by atoms with Crippen LogP contribution in [0.5, 0.6) is 0 Å². The average Bonchev–Trinajstić information content (AvgIpc) is 2.41. The van der Waals surface area contributed by atoms with Gasteiger partial charge >= 0.3 is 5.97 Å². The highest BCUT2D eigenvalue weighted by molar-refractivity contribution is 6.33. The third-order valence-electron chi connectivity index (χ3n) is 2.70. The molecule has 0 fully saturated rings. The highest BCUT2D eigenvalue weighted by atomic mass is 35.5. The quantitative estimate of drug-likeness (QED) is 0.881. The van der Waals surface area contributed by atoms with E-state index in [-0.39, 0.29) is 10.6 Å². The van der Waals surface area contributed by atoms with E-state index < -0.39 is 5.97 Å². The Morgan fingerprint density at radius 3 is 2.85 bits per heavy atom. The first kappa shape index (κ1) is 14.3. The molecule has 20 heavy (non-hydrogen) atoms. The molecule has 0 saturated heterocycles. The molecule has 0 amide bonds. The standard InChI is InChI=1S/C14H14ClN3O2/c1-2-3-9-7-13(17-8-16-9)18-10-4-5-12(15)11(6-10)14(19)20/h4-8H,2-3H2,1H3,(H,19,20)(H,16,17,18). The fourth-order valence-electron chi connectivity index (χ4n) is 1.77. The van der Waals surface area contributed by atoms with Crippen molar-refractivity contribution in [3.05, 3.63) is 46.9 Å². The predicted octanol–water partition coefficient (Wildman–Crippen LogP) is 3.52. The van der Waals surface area contributed by atoms with Gasteiger partial charge in [0, 0.05) is 17.4 Å². The number of rotatable bonds is 5. The number of aromatic nitrogens is 2. The van der Waals surface area contributed by atoms with Crippen LogP contribution in [-0.4, -0.2) is 21.0 Å². The van der Waals surface area contributed by atoms with Crippen LogP contribution < -0.4 is 5.32 Å². The van der Waals surface area contributed by atoms with E-state index in [4.69, 9.17) is 16.7 Å². The second-order valence-electron chi connectivity index (χ2n) is 4.27. The summed E-state index contributed by atoms with van der Waals surface area (Å²) in [7, 11) is 0. The highest BCUT2D eigenvalue weighted by Crippen LogP contribution is 2.22. The SMILES string of the molecule is CCCc1cc(Nc2ccc(Cl)c(C(=O)O)c2)ncn1. The van der Waals surface area contributed by atoms with Crippen LogP contribution in [0.25, 0.3) is 0 Å². The molecular weight excluding hydrogens is 278 g/mol. The van der Waals surface area contributed by atoms with Crippen molar-refractivity contribution in [2.24, 2.45) is 0 Å². The number of aryl methyl sites for hydroxylation is 1. The Hall–Kier alpha value is -2.14. The molecule has 0 bridgehead atoms. The van der Waals surface area contributed by atoms with E-state index in [1.807, 2.05) is 6.07 Å². The summed E-state index contributed by atoms with van der Waals surface area (Å²) < 4.78 is 0. The van der Waals surface area contributed by atoms with Gasteiger partial charge in [0.05, 0.1) is 10.6 Å². The number of anilines is 2. The van der Waals surface area contributed by atoms with E-state index in [1.54, 1.807) is 12.1 Å². The second-order valence-corrected chi connectivity index (χ2v) is 4.68. The molecule has 0 saturated carbocycles. The number of carboxylic acid groups (broad SMARTS) is 1. The zero-order valence-corrected chi connectivity index (χ0v) is 11.7. The minimum Gasteiger partial charge on any atom is -0.478 e. The lowest BCUT2D eigenvalue weighted by Crippen LogP contribution is -2.01. The van der Waals surface area contributed by atoms with Gasteiger partial charge in [0.2, 0.25) is 0 Å². The maximum atomic E-state index is 11.0. The maximum Gasteiger partial charge on any atom is 0.337 e. The van der Waals surface area contributed by atoms with Crippen LogP contribution in [0.1, 0.15) is 29.4 Å². The molecule has 2 rings (SSSR count). The van der Waals surface area contributed by atoms with Crippen LogP contribution in [0.4, 0.5) is 11.5 Å². The summed E-state index contributed by atoms with van der Waals surface area (Å²) >= 11 is 5.83. The third-order valence-corrected chi connectivity index (χ3v) is 3.03. The average molecular weight is 292 g/mol. The fraction of sp³-hybridized carbons (Fsp3) is 0.214. The van der Waals surface area contributed by atoms with Crippen molar-refractivity contribution < 1.29 is 9.90 Å². The zero-order valence-electron chi connectivity index (χ0n) is 10.9. The summed E-state index contributed by atoms with van der Waals surface area (Å²) in [6.45, 7) is 2.08. The van der Waals surface area contributed by atoms with E-state index in [0.29, 0.717) is 11.5 Å². The summed E-state index contributed by atoms with van der Waals surface area (Å²) in [5, 5.41) is 12.3. The molecule has 104 valence electrons. The maximum absolute atomic E-state index is 11.0. The first-order valence-electron chi connectivity index (χ1n) is 6.21. The lowest BCUT2D eigenvalue weighted by Gasteiger charge is -2.08. The zero-order chi connectivity index (χ0) is 14.5. The van der Waals surface area contributed by atoms with Gasteiger partial charge < -0.3 is 10.4 Å². The van der Waals surface area contributed by atoms with Crippen LogP contribution in [0, 0.1) is 0 Å². The molecule has 0 aliphatic carbocycles. The van der Waals surface area contributed by atoms with Gasteiger partial charge in [-0.15, -0.1) is 0 Å². The van der Waals surface area contributed by atoms with Crippen molar-refractivity contribution in [1.29, 1.82) is 0 Å². The van der Waals surface area contributed by atoms with Crippen LogP contribution in [-0.2, 0) is 6.42 Å². The summed E-state index contributed by atoms with van der Waals surface area (Å²) in [4.78, 5) is 19.3. The van der Waals surface area contributed by atoms with Crippen molar-refractivity contribution >= 4 is 29.1 Å². The molecule has 0 spiro atoms. The molecule has 0 atom stereocenters. The Balaban J connectivity index is 2.23. The predicted molar refractivity (Wildman–Crippen MR) is 77.7 cm³/mol. The first-order valence-corrected chi connectivity index (χ1v) is 6.58. The summed E-state index contributed by atoms with van der Waals surface area (Å²) in [5.74, 6) is -0.435.